The second kappa shape index (κ2) is 8.58. The van der Waals surface area contributed by atoms with Gasteiger partial charge in [-0.1, -0.05) is 11.2 Å². The van der Waals surface area contributed by atoms with E-state index in [1.54, 1.807) is 11.3 Å². The van der Waals surface area contributed by atoms with Gasteiger partial charge in [-0.05, 0) is 31.7 Å². The molecular weight excluding hydrogens is 330 g/mol. The number of hydrogen-bond donors (Lipinski definition) is 0. The van der Waals surface area contributed by atoms with Crippen LogP contribution in [0.3, 0.4) is 0 Å². The van der Waals surface area contributed by atoms with Crippen LogP contribution < -0.4 is 0 Å². The van der Waals surface area contributed by atoms with Crippen LogP contribution in [0.5, 0.6) is 0 Å². The molecule has 0 N–H and O–H groups in total. The third kappa shape index (κ3) is 4.89. The number of aromatic nitrogens is 2. The van der Waals surface area contributed by atoms with Crippen LogP contribution in [0.25, 0.3) is 10.7 Å². The summed E-state index contributed by atoms with van der Waals surface area (Å²) in [5, 5.41) is 5.89. The van der Waals surface area contributed by atoms with Crippen LogP contribution >= 0.6 is 11.3 Å². The van der Waals surface area contributed by atoms with E-state index >= 15 is 0 Å². The summed E-state index contributed by atoms with van der Waals surface area (Å²) < 4.78 is 9.83. The minimum atomic E-state index is -0.422. The van der Waals surface area contributed by atoms with Gasteiger partial charge in [-0.15, -0.1) is 11.3 Å². The normalized spacial score (nSPS) is 10.8. The van der Waals surface area contributed by atoms with Gasteiger partial charge in [0.25, 0.3) is 0 Å². The average molecular weight is 351 g/mol. The molecule has 0 radical (unpaired) electrons. The molecule has 0 bridgehead atoms. The molecule has 1 amide bonds. The summed E-state index contributed by atoms with van der Waals surface area (Å²) in [5.74, 6) is 0.569. The Balaban J connectivity index is 1.84. The smallest absolute Gasteiger partial charge is 0.325 e. The first kappa shape index (κ1) is 18.1. The maximum atomic E-state index is 12.3. The number of methoxy groups -OCH3 is 1. The molecule has 7 nitrogen and oxygen atoms in total. The van der Waals surface area contributed by atoms with Crippen molar-refractivity contribution in [2.75, 3.05) is 13.7 Å². The van der Waals surface area contributed by atoms with Crippen molar-refractivity contribution in [1.29, 1.82) is 0 Å². The molecule has 0 fully saturated rings. The first-order chi connectivity index (χ1) is 11.5. The van der Waals surface area contributed by atoms with Crippen molar-refractivity contribution in [2.24, 2.45) is 0 Å². The number of thiophene rings is 1. The molecule has 2 aromatic heterocycles. The Kier molecular flexibility index (Phi) is 6.48. The second-order valence-electron chi connectivity index (χ2n) is 5.53. The van der Waals surface area contributed by atoms with E-state index in [2.05, 4.69) is 14.9 Å². The molecule has 0 aliphatic rings. The molecular formula is C16H21N3O4S. The monoisotopic (exact) mass is 351 g/mol. The minimum absolute atomic E-state index is 0.0317. The van der Waals surface area contributed by atoms with E-state index in [1.165, 1.54) is 12.0 Å². The number of hydrogen-bond acceptors (Lipinski definition) is 7. The van der Waals surface area contributed by atoms with Crippen molar-refractivity contribution in [1.82, 2.24) is 15.0 Å². The average Bonchev–Trinajstić information content (AvgIpc) is 3.22. The Hall–Kier alpha value is -2.22. The number of nitrogens with zero attached hydrogens (tertiary/aromatic N) is 3. The van der Waals surface area contributed by atoms with Crippen LogP contribution in [0.1, 0.15) is 32.6 Å². The molecule has 2 aromatic rings. The summed E-state index contributed by atoms with van der Waals surface area (Å²) in [6.07, 6.45) is 1.41. The number of esters is 1. The van der Waals surface area contributed by atoms with Crippen LogP contribution in [0.15, 0.2) is 22.0 Å². The second-order valence-corrected chi connectivity index (χ2v) is 6.48. The van der Waals surface area contributed by atoms with Gasteiger partial charge in [0.1, 0.15) is 6.54 Å². The van der Waals surface area contributed by atoms with E-state index in [4.69, 9.17) is 4.52 Å². The van der Waals surface area contributed by atoms with Crippen molar-refractivity contribution in [3.8, 4) is 10.7 Å². The maximum Gasteiger partial charge on any atom is 0.325 e. The molecule has 0 atom stereocenters. The third-order valence-electron chi connectivity index (χ3n) is 3.46. The van der Waals surface area contributed by atoms with Gasteiger partial charge >= 0.3 is 5.97 Å². The molecule has 0 aromatic carbocycles. The number of ether oxygens (including phenoxy) is 1. The lowest BCUT2D eigenvalue weighted by Crippen LogP contribution is -2.41. The number of aryl methyl sites for hydroxylation is 1. The van der Waals surface area contributed by atoms with Crippen molar-refractivity contribution in [2.45, 2.75) is 39.2 Å². The summed E-state index contributed by atoms with van der Waals surface area (Å²) >= 11 is 1.54. The van der Waals surface area contributed by atoms with Crippen molar-refractivity contribution >= 4 is 23.2 Å². The largest absolute Gasteiger partial charge is 0.468 e. The lowest BCUT2D eigenvalue weighted by molar-refractivity contribution is -0.148. The Bertz CT molecular complexity index is 667. The molecule has 8 heteroatoms. The van der Waals surface area contributed by atoms with Crippen molar-refractivity contribution in [3.63, 3.8) is 0 Å². The van der Waals surface area contributed by atoms with Gasteiger partial charge in [0.15, 0.2) is 0 Å². The zero-order valence-corrected chi connectivity index (χ0v) is 14.8. The number of carbonyl (C=O) groups excluding carboxylic acids is 2. The van der Waals surface area contributed by atoms with Crippen LogP contribution in [0, 0.1) is 0 Å². The molecule has 0 aliphatic carbocycles. The van der Waals surface area contributed by atoms with E-state index < -0.39 is 5.97 Å². The molecule has 0 spiro atoms. The summed E-state index contributed by atoms with van der Waals surface area (Å²) in [4.78, 5) is 30.4. The first-order valence-electron chi connectivity index (χ1n) is 7.74. The predicted molar refractivity (Wildman–Crippen MR) is 89.4 cm³/mol. The highest BCUT2D eigenvalue weighted by atomic mass is 32.1. The summed E-state index contributed by atoms with van der Waals surface area (Å²) in [7, 11) is 1.31. The third-order valence-corrected chi connectivity index (χ3v) is 4.33. The summed E-state index contributed by atoms with van der Waals surface area (Å²) in [6.45, 7) is 3.70. The molecule has 0 saturated carbocycles. The minimum Gasteiger partial charge on any atom is -0.468 e. The Morgan fingerprint density at radius 2 is 2.21 bits per heavy atom. The van der Waals surface area contributed by atoms with Gasteiger partial charge in [0.05, 0.1) is 12.0 Å². The van der Waals surface area contributed by atoms with Crippen LogP contribution in [-0.4, -0.2) is 46.6 Å². The molecule has 0 unspecified atom stereocenters. The van der Waals surface area contributed by atoms with Gasteiger partial charge in [-0.25, -0.2) is 0 Å². The van der Waals surface area contributed by atoms with Crippen LogP contribution in [0.2, 0.25) is 0 Å². The van der Waals surface area contributed by atoms with E-state index in [0.29, 0.717) is 31.0 Å². The van der Waals surface area contributed by atoms with Crippen molar-refractivity contribution in [3.05, 3.63) is 23.4 Å². The maximum absolute atomic E-state index is 12.3. The highest BCUT2D eigenvalue weighted by Gasteiger charge is 2.20. The summed E-state index contributed by atoms with van der Waals surface area (Å²) in [5.41, 5.74) is 0. The Morgan fingerprint density at radius 1 is 1.42 bits per heavy atom. The lowest BCUT2D eigenvalue weighted by atomic mass is 10.2. The quantitative estimate of drug-likeness (QED) is 0.679. The van der Waals surface area contributed by atoms with E-state index in [-0.39, 0.29) is 18.5 Å². The zero-order valence-electron chi connectivity index (χ0n) is 14.0. The van der Waals surface area contributed by atoms with E-state index in [0.717, 1.165) is 4.88 Å². The molecule has 130 valence electrons. The lowest BCUT2D eigenvalue weighted by Gasteiger charge is -2.25. The standard InChI is InChI=1S/C16H21N3O4S/c1-11(2)19(10-15(21)22-3)14(20)8-4-7-13-17-16(18-23-13)12-6-5-9-24-12/h5-6,9,11H,4,7-8,10H2,1-3H3. The fraction of sp³-hybridized carbons (Fsp3) is 0.500. The van der Waals surface area contributed by atoms with Gasteiger partial charge < -0.3 is 14.2 Å². The highest BCUT2D eigenvalue weighted by Crippen LogP contribution is 2.21. The van der Waals surface area contributed by atoms with Gasteiger partial charge in [0, 0.05) is 18.9 Å². The van der Waals surface area contributed by atoms with Gasteiger partial charge in [-0.2, -0.15) is 4.98 Å². The van der Waals surface area contributed by atoms with Gasteiger partial charge in [0.2, 0.25) is 17.6 Å². The molecule has 0 aliphatic heterocycles. The topological polar surface area (TPSA) is 85.5 Å². The first-order valence-corrected chi connectivity index (χ1v) is 8.62. The Morgan fingerprint density at radius 3 is 2.83 bits per heavy atom. The van der Waals surface area contributed by atoms with Crippen molar-refractivity contribution < 1.29 is 18.8 Å². The number of rotatable bonds is 8. The van der Waals surface area contributed by atoms with E-state index in [1.807, 2.05) is 31.4 Å². The predicted octanol–water partition coefficient (Wildman–Crippen LogP) is 2.53. The van der Waals surface area contributed by atoms with E-state index in [9.17, 15) is 9.59 Å². The SMILES string of the molecule is COC(=O)CN(C(=O)CCCc1nc(-c2cccs2)no1)C(C)C. The highest BCUT2D eigenvalue weighted by molar-refractivity contribution is 7.13. The molecule has 2 rings (SSSR count). The van der Waals surface area contributed by atoms with Crippen LogP contribution in [0.4, 0.5) is 0 Å². The molecule has 24 heavy (non-hydrogen) atoms. The molecule has 2 heterocycles. The Labute approximate surface area is 144 Å². The van der Waals surface area contributed by atoms with Crippen LogP contribution in [-0.2, 0) is 20.7 Å². The fourth-order valence-electron chi connectivity index (χ4n) is 2.16. The number of amides is 1. The zero-order chi connectivity index (χ0) is 17.5. The van der Waals surface area contributed by atoms with Gasteiger partial charge in [-0.3, -0.25) is 9.59 Å². The molecule has 0 saturated heterocycles. The fourth-order valence-corrected chi connectivity index (χ4v) is 2.81. The summed E-state index contributed by atoms with van der Waals surface area (Å²) in [6, 6.07) is 3.79. The number of carbonyl (C=O) groups is 2.